The van der Waals surface area contributed by atoms with Crippen LogP contribution in [0.25, 0.3) is 0 Å². The maximum atomic E-state index is 13.5. The van der Waals surface area contributed by atoms with E-state index in [4.69, 9.17) is 0 Å². The highest BCUT2D eigenvalue weighted by molar-refractivity contribution is 7.89. The van der Waals surface area contributed by atoms with Gasteiger partial charge in [-0.1, -0.05) is 24.3 Å². The molecule has 1 atom stereocenters. The smallest absolute Gasteiger partial charge is 0.240 e. The lowest BCUT2D eigenvalue weighted by Gasteiger charge is -2.35. The van der Waals surface area contributed by atoms with Crippen molar-refractivity contribution in [2.75, 3.05) is 13.1 Å². The molecule has 0 fully saturated rings. The van der Waals surface area contributed by atoms with Crippen LogP contribution in [0.15, 0.2) is 64.2 Å². The lowest BCUT2D eigenvalue weighted by atomic mass is 9.97. The second-order valence-electron chi connectivity index (χ2n) is 7.32. The number of benzene rings is 2. The molecule has 0 unspecified atom stereocenters. The molecule has 0 spiro atoms. The number of hydrogen-bond donors (Lipinski definition) is 1. The topological polar surface area (TPSA) is 49.4 Å². The predicted octanol–water partition coefficient (Wildman–Crippen LogP) is 4.27. The van der Waals surface area contributed by atoms with Crippen LogP contribution in [-0.2, 0) is 23.0 Å². The summed E-state index contributed by atoms with van der Waals surface area (Å²) in [7, 11) is -3.72. The number of rotatable bonds is 6. The normalized spacial score (nSPS) is 15.8. The number of hydrogen-bond acceptors (Lipinski definition) is 4. The molecular formula is C22H23FN2O2S2. The Kier molecular flexibility index (Phi) is 5.83. The van der Waals surface area contributed by atoms with E-state index in [1.807, 2.05) is 17.5 Å². The van der Waals surface area contributed by atoms with Gasteiger partial charge >= 0.3 is 0 Å². The van der Waals surface area contributed by atoms with Crippen LogP contribution in [0, 0.1) is 12.7 Å². The molecule has 3 aromatic rings. The molecule has 1 N–H and O–H groups in total. The largest absolute Gasteiger partial charge is 0.290 e. The van der Waals surface area contributed by atoms with Crippen LogP contribution in [0.3, 0.4) is 0 Å². The summed E-state index contributed by atoms with van der Waals surface area (Å²) in [4.78, 5) is 2.41. The molecule has 0 amide bonds. The summed E-state index contributed by atoms with van der Waals surface area (Å²) in [6.45, 7) is 3.48. The summed E-state index contributed by atoms with van der Waals surface area (Å²) in [6, 6.07) is 14.3. The van der Waals surface area contributed by atoms with Crippen LogP contribution in [0.2, 0.25) is 0 Å². The van der Waals surface area contributed by atoms with Crippen LogP contribution < -0.4 is 4.72 Å². The quantitative estimate of drug-likeness (QED) is 0.635. The van der Waals surface area contributed by atoms with Crippen molar-refractivity contribution in [2.45, 2.75) is 30.8 Å². The Morgan fingerprint density at radius 3 is 2.69 bits per heavy atom. The lowest BCUT2D eigenvalue weighted by Crippen LogP contribution is -2.40. The van der Waals surface area contributed by atoms with E-state index in [1.54, 1.807) is 18.3 Å². The highest BCUT2D eigenvalue weighted by atomic mass is 32.2. The minimum absolute atomic E-state index is 0.0640. The first-order chi connectivity index (χ1) is 13.9. The van der Waals surface area contributed by atoms with Crippen molar-refractivity contribution in [3.8, 4) is 0 Å². The maximum absolute atomic E-state index is 13.5. The third-order valence-electron chi connectivity index (χ3n) is 5.44. The molecule has 29 heavy (non-hydrogen) atoms. The Labute approximate surface area is 175 Å². The fourth-order valence-electron chi connectivity index (χ4n) is 3.76. The zero-order valence-electron chi connectivity index (χ0n) is 16.1. The first-order valence-corrected chi connectivity index (χ1v) is 12.0. The molecule has 0 saturated heterocycles. The number of thiophene rings is 1. The molecule has 7 heteroatoms. The zero-order valence-corrected chi connectivity index (χ0v) is 17.8. The number of fused-ring (bicyclic) bond motifs is 1. The average molecular weight is 431 g/mol. The highest BCUT2D eigenvalue weighted by Crippen LogP contribution is 2.29. The van der Waals surface area contributed by atoms with Crippen molar-refractivity contribution in [1.82, 2.24) is 9.62 Å². The molecule has 2 heterocycles. The van der Waals surface area contributed by atoms with E-state index < -0.39 is 15.8 Å². The van der Waals surface area contributed by atoms with Crippen LogP contribution in [0.5, 0.6) is 0 Å². The molecule has 4 nitrogen and oxygen atoms in total. The summed E-state index contributed by atoms with van der Waals surface area (Å²) in [5.74, 6) is -0.410. The molecule has 1 aliphatic heterocycles. The van der Waals surface area contributed by atoms with Crippen molar-refractivity contribution >= 4 is 21.4 Å². The Morgan fingerprint density at radius 2 is 1.97 bits per heavy atom. The van der Waals surface area contributed by atoms with Gasteiger partial charge in [-0.3, -0.25) is 4.90 Å². The highest BCUT2D eigenvalue weighted by Gasteiger charge is 2.27. The van der Waals surface area contributed by atoms with Gasteiger partial charge in [0.25, 0.3) is 0 Å². The van der Waals surface area contributed by atoms with Gasteiger partial charge in [-0.2, -0.15) is 11.3 Å². The summed E-state index contributed by atoms with van der Waals surface area (Å²) >= 11 is 1.61. The van der Waals surface area contributed by atoms with Gasteiger partial charge in [-0.05, 0) is 70.6 Å². The average Bonchev–Trinajstić information content (AvgIpc) is 3.24. The lowest BCUT2D eigenvalue weighted by molar-refractivity contribution is 0.181. The van der Waals surface area contributed by atoms with Crippen LogP contribution in [-0.4, -0.2) is 26.4 Å². The van der Waals surface area contributed by atoms with Gasteiger partial charge in [0, 0.05) is 25.7 Å². The van der Waals surface area contributed by atoms with Crippen LogP contribution in [0.1, 0.15) is 28.3 Å². The number of sulfonamides is 1. The van der Waals surface area contributed by atoms with Gasteiger partial charge in [-0.25, -0.2) is 17.5 Å². The second kappa shape index (κ2) is 8.36. The fraction of sp³-hybridized carbons (Fsp3) is 0.273. The Hall–Kier alpha value is -2.06. The second-order valence-corrected chi connectivity index (χ2v) is 9.87. The number of halogens is 1. The zero-order chi connectivity index (χ0) is 20.4. The van der Waals surface area contributed by atoms with E-state index in [9.17, 15) is 12.8 Å². The SMILES string of the molecule is Cc1cc(S(=O)(=O)NC[C@@H](c2ccsc2)N2CCc3ccccc3C2)ccc1F. The molecule has 1 aliphatic rings. The molecule has 1 aromatic heterocycles. The van der Waals surface area contributed by atoms with Gasteiger partial charge in [0.2, 0.25) is 10.0 Å². The van der Waals surface area contributed by atoms with Gasteiger partial charge in [0.1, 0.15) is 5.82 Å². The Bertz CT molecular complexity index is 1100. The van der Waals surface area contributed by atoms with Crippen molar-refractivity contribution in [1.29, 1.82) is 0 Å². The summed E-state index contributed by atoms with van der Waals surface area (Å²) < 4.78 is 41.9. The molecule has 0 radical (unpaired) electrons. The van der Waals surface area contributed by atoms with Gasteiger partial charge in [-0.15, -0.1) is 0 Å². The standard InChI is InChI=1S/C22H23FN2O2S2/c1-16-12-20(6-7-21(16)23)29(26,27)24-13-22(19-9-11-28-15-19)25-10-8-17-4-2-3-5-18(17)14-25/h2-7,9,11-12,15,22,24H,8,10,13-14H2,1H3/t22-/m0/s1. The Balaban J connectivity index is 1.55. The van der Waals surface area contributed by atoms with Gasteiger partial charge < -0.3 is 0 Å². The number of nitrogens with one attached hydrogen (secondary N) is 1. The van der Waals surface area contributed by atoms with Crippen molar-refractivity contribution < 1.29 is 12.8 Å². The van der Waals surface area contributed by atoms with Crippen LogP contribution in [0.4, 0.5) is 4.39 Å². The third-order valence-corrected chi connectivity index (χ3v) is 7.56. The predicted molar refractivity (Wildman–Crippen MR) is 114 cm³/mol. The molecule has 2 aromatic carbocycles. The molecular weight excluding hydrogens is 407 g/mol. The monoisotopic (exact) mass is 430 g/mol. The summed E-state index contributed by atoms with van der Waals surface area (Å²) in [5, 5.41) is 4.08. The molecule has 0 aliphatic carbocycles. The van der Waals surface area contributed by atoms with Crippen molar-refractivity contribution in [2.24, 2.45) is 0 Å². The number of aryl methyl sites for hydroxylation is 1. The molecule has 4 rings (SSSR count). The van der Waals surface area contributed by atoms with E-state index in [0.29, 0.717) is 5.56 Å². The third kappa shape index (κ3) is 4.43. The van der Waals surface area contributed by atoms with E-state index in [-0.39, 0.29) is 17.5 Å². The minimum atomic E-state index is -3.72. The Morgan fingerprint density at radius 1 is 1.17 bits per heavy atom. The van der Waals surface area contributed by atoms with E-state index >= 15 is 0 Å². The fourth-order valence-corrected chi connectivity index (χ4v) is 5.59. The van der Waals surface area contributed by atoms with Crippen molar-refractivity contribution in [3.63, 3.8) is 0 Å². The number of nitrogens with zero attached hydrogens (tertiary/aromatic N) is 1. The summed E-state index contributed by atoms with van der Waals surface area (Å²) in [5.41, 5.74) is 4.06. The van der Waals surface area contributed by atoms with E-state index in [2.05, 4.69) is 33.2 Å². The van der Waals surface area contributed by atoms with Gasteiger partial charge in [0.15, 0.2) is 0 Å². The molecule has 0 saturated carbocycles. The van der Waals surface area contributed by atoms with E-state index in [0.717, 1.165) is 25.1 Å². The van der Waals surface area contributed by atoms with Gasteiger partial charge in [0.05, 0.1) is 4.90 Å². The summed E-state index contributed by atoms with van der Waals surface area (Å²) in [6.07, 6.45) is 0.945. The first kappa shape index (κ1) is 20.2. The van der Waals surface area contributed by atoms with Crippen molar-refractivity contribution in [3.05, 3.63) is 87.4 Å². The first-order valence-electron chi connectivity index (χ1n) is 9.53. The maximum Gasteiger partial charge on any atom is 0.240 e. The molecule has 0 bridgehead atoms. The van der Waals surface area contributed by atoms with Crippen LogP contribution >= 0.6 is 11.3 Å². The minimum Gasteiger partial charge on any atom is -0.290 e. The molecule has 152 valence electrons. The van der Waals surface area contributed by atoms with E-state index in [1.165, 1.54) is 29.3 Å².